The topological polar surface area (TPSA) is 55.6 Å². The maximum atomic E-state index is 12.4. The average molecular weight is 280 g/mol. The van der Waals surface area contributed by atoms with Crippen molar-refractivity contribution in [3.63, 3.8) is 0 Å². The minimum absolute atomic E-state index is 0.366. The Balaban J connectivity index is 1.43. The highest BCUT2D eigenvalue weighted by molar-refractivity contribution is 5.77. The van der Waals surface area contributed by atoms with Crippen molar-refractivity contribution in [2.24, 2.45) is 23.5 Å². The molecule has 3 fully saturated rings. The molecule has 0 spiro atoms. The molecule has 2 aliphatic carbocycles. The first-order valence-electron chi connectivity index (χ1n) is 8.30. The Labute approximate surface area is 122 Å². The molecule has 1 amide bonds. The molecule has 0 radical (unpaired) electrons. The summed E-state index contributed by atoms with van der Waals surface area (Å²) < 4.78 is 5.57. The zero-order valence-electron chi connectivity index (χ0n) is 12.6. The van der Waals surface area contributed by atoms with Crippen LogP contribution in [-0.4, -0.2) is 42.6 Å². The molecule has 3 aliphatic rings. The summed E-state index contributed by atoms with van der Waals surface area (Å²) in [6.45, 7) is 4.77. The number of hydrogen-bond acceptors (Lipinski definition) is 3. The molecular weight excluding hydrogens is 252 g/mol. The number of nitrogens with zero attached hydrogens (tertiary/aromatic N) is 1. The molecule has 3 atom stereocenters. The molecular formula is C16H28N2O2. The van der Waals surface area contributed by atoms with Gasteiger partial charge in [-0.3, -0.25) is 4.79 Å². The van der Waals surface area contributed by atoms with Gasteiger partial charge in [0.2, 0.25) is 5.91 Å². The van der Waals surface area contributed by atoms with Crippen LogP contribution < -0.4 is 5.73 Å². The zero-order valence-corrected chi connectivity index (χ0v) is 12.6. The van der Waals surface area contributed by atoms with E-state index in [4.69, 9.17) is 10.5 Å². The maximum absolute atomic E-state index is 12.4. The van der Waals surface area contributed by atoms with Crippen LogP contribution in [-0.2, 0) is 9.53 Å². The van der Waals surface area contributed by atoms with Gasteiger partial charge in [-0.1, -0.05) is 0 Å². The molecule has 0 aromatic carbocycles. The van der Waals surface area contributed by atoms with E-state index in [1.807, 2.05) is 6.92 Å². The lowest BCUT2D eigenvalue weighted by Gasteiger charge is -2.35. The third-order valence-electron chi connectivity index (χ3n) is 5.50. The van der Waals surface area contributed by atoms with Crippen molar-refractivity contribution >= 4 is 5.91 Å². The molecule has 0 bridgehead atoms. The van der Waals surface area contributed by atoms with Crippen LogP contribution in [0.4, 0.5) is 0 Å². The van der Waals surface area contributed by atoms with Crippen molar-refractivity contribution < 1.29 is 9.53 Å². The predicted octanol–water partition coefficient (Wildman–Crippen LogP) is 1.78. The van der Waals surface area contributed by atoms with Crippen LogP contribution in [0, 0.1) is 17.8 Å². The van der Waals surface area contributed by atoms with Gasteiger partial charge in [0, 0.05) is 32.2 Å². The van der Waals surface area contributed by atoms with E-state index in [0.29, 0.717) is 29.9 Å². The fourth-order valence-electron chi connectivity index (χ4n) is 4.26. The Hall–Kier alpha value is -0.610. The molecule has 114 valence electrons. The Kier molecular flexibility index (Phi) is 4.32. The van der Waals surface area contributed by atoms with E-state index in [9.17, 15) is 4.79 Å². The second kappa shape index (κ2) is 6.02. The van der Waals surface area contributed by atoms with Crippen molar-refractivity contribution in [1.29, 1.82) is 0 Å². The summed E-state index contributed by atoms with van der Waals surface area (Å²) >= 11 is 0. The summed E-state index contributed by atoms with van der Waals surface area (Å²) in [6.07, 6.45) is 6.76. The summed E-state index contributed by atoms with van der Waals surface area (Å²) in [5, 5.41) is 0. The van der Waals surface area contributed by atoms with E-state index >= 15 is 0 Å². The SMILES string of the molecule is CCOC1CC(CC(=O)N2C[C@H]3CCC(N)C[C@H]3C2)C1. The molecule has 2 N–H and O–H groups in total. The summed E-state index contributed by atoms with van der Waals surface area (Å²) in [4.78, 5) is 14.5. The molecule has 4 heteroatoms. The average Bonchev–Trinajstić information content (AvgIpc) is 2.79. The smallest absolute Gasteiger partial charge is 0.222 e. The number of amides is 1. The number of carbonyl (C=O) groups excluding carboxylic acids is 1. The summed E-state index contributed by atoms with van der Waals surface area (Å²) in [5.74, 6) is 2.31. The van der Waals surface area contributed by atoms with Crippen LogP contribution in [0.3, 0.4) is 0 Å². The largest absolute Gasteiger partial charge is 0.378 e. The van der Waals surface area contributed by atoms with Crippen LogP contribution in [0.2, 0.25) is 0 Å². The van der Waals surface area contributed by atoms with E-state index in [0.717, 1.165) is 57.7 Å². The third kappa shape index (κ3) is 3.01. The molecule has 1 aliphatic heterocycles. The Bertz CT molecular complexity index is 354. The van der Waals surface area contributed by atoms with Crippen LogP contribution in [0.25, 0.3) is 0 Å². The summed E-state index contributed by atoms with van der Waals surface area (Å²) in [7, 11) is 0. The number of hydrogen-bond donors (Lipinski definition) is 1. The second-order valence-electron chi connectivity index (χ2n) is 7.01. The van der Waals surface area contributed by atoms with E-state index < -0.39 is 0 Å². The van der Waals surface area contributed by atoms with Crippen LogP contribution in [0.1, 0.15) is 45.4 Å². The Morgan fingerprint density at radius 1 is 1.20 bits per heavy atom. The first-order valence-corrected chi connectivity index (χ1v) is 8.30. The zero-order chi connectivity index (χ0) is 14.1. The first-order chi connectivity index (χ1) is 9.65. The molecule has 1 unspecified atom stereocenters. The van der Waals surface area contributed by atoms with Gasteiger partial charge in [-0.25, -0.2) is 0 Å². The van der Waals surface area contributed by atoms with Crippen LogP contribution in [0.15, 0.2) is 0 Å². The quantitative estimate of drug-likeness (QED) is 0.854. The number of fused-ring (bicyclic) bond motifs is 1. The van der Waals surface area contributed by atoms with Crippen LogP contribution in [0.5, 0.6) is 0 Å². The highest BCUT2D eigenvalue weighted by Crippen LogP contribution is 2.38. The monoisotopic (exact) mass is 280 g/mol. The van der Waals surface area contributed by atoms with Gasteiger partial charge in [-0.2, -0.15) is 0 Å². The van der Waals surface area contributed by atoms with Gasteiger partial charge in [0.25, 0.3) is 0 Å². The van der Waals surface area contributed by atoms with Crippen LogP contribution >= 0.6 is 0 Å². The highest BCUT2D eigenvalue weighted by Gasteiger charge is 2.40. The second-order valence-corrected chi connectivity index (χ2v) is 7.01. The molecule has 2 saturated carbocycles. The van der Waals surface area contributed by atoms with Gasteiger partial charge >= 0.3 is 0 Å². The maximum Gasteiger partial charge on any atom is 0.222 e. The lowest BCUT2D eigenvalue weighted by atomic mass is 9.79. The highest BCUT2D eigenvalue weighted by atomic mass is 16.5. The number of ether oxygens (including phenoxy) is 1. The number of nitrogens with two attached hydrogens (primary N) is 1. The van der Waals surface area contributed by atoms with Gasteiger partial charge in [0.15, 0.2) is 0 Å². The summed E-state index contributed by atoms with van der Waals surface area (Å²) in [6, 6.07) is 0.366. The van der Waals surface area contributed by atoms with E-state index in [1.165, 1.54) is 6.42 Å². The van der Waals surface area contributed by atoms with Gasteiger partial charge < -0.3 is 15.4 Å². The lowest BCUT2D eigenvalue weighted by molar-refractivity contribution is -0.133. The number of likely N-dealkylation sites (tertiary alicyclic amines) is 1. The molecule has 4 nitrogen and oxygen atoms in total. The van der Waals surface area contributed by atoms with E-state index in [1.54, 1.807) is 0 Å². The molecule has 0 aromatic heterocycles. The molecule has 1 heterocycles. The van der Waals surface area contributed by atoms with Gasteiger partial charge in [0.1, 0.15) is 0 Å². The molecule has 3 rings (SSSR count). The summed E-state index contributed by atoms with van der Waals surface area (Å²) in [5.41, 5.74) is 6.05. The van der Waals surface area contributed by atoms with Crippen molar-refractivity contribution in [2.45, 2.75) is 57.6 Å². The molecule has 1 saturated heterocycles. The van der Waals surface area contributed by atoms with Crippen molar-refractivity contribution in [3.8, 4) is 0 Å². The van der Waals surface area contributed by atoms with Gasteiger partial charge in [-0.15, -0.1) is 0 Å². The minimum atomic E-state index is 0.366. The number of carbonyl (C=O) groups is 1. The first kappa shape index (κ1) is 14.3. The predicted molar refractivity (Wildman–Crippen MR) is 78.1 cm³/mol. The normalized spacial score (nSPS) is 40.3. The minimum Gasteiger partial charge on any atom is -0.378 e. The fraction of sp³-hybridized carbons (Fsp3) is 0.938. The Morgan fingerprint density at radius 3 is 2.70 bits per heavy atom. The van der Waals surface area contributed by atoms with Gasteiger partial charge in [0.05, 0.1) is 6.10 Å². The van der Waals surface area contributed by atoms with Crippen molar-refractivity contribution in [1.82, 2.24) is 4.90 Å². The Morgan fingerprint density at radius 2 is 1.95 bits per heavy atom. The van der Waals surface area contributed by atoms with Crippen molar-refractivity contribution in [2.75, 3.05) is 19.7 Å². The van der Waals surface area contributed by atoms with E-state index in [-0.39, 0.29) is 0 Å². The van der Waals surface area contributed by atoms with E-state index in [2.05, 4.69) is 4.90 Å². The van der Waals surface area contributed by atoms with Gasteiger partial charge in [-0.05, 0) is 56.8 Å². The standard InChI is InChI=1S/C16H28N2O2/c1-2-20-15-5-11(6-15)7-16(19)18-9-12-3-4-14(17)8-13(12)10-18/h11-15H,2-10,17H2,1H3/t11?,12-,13+,14?,15?/m1/s1. The number of rotatable bonds is 4. The third-order valence-corrected chi connectivity index (χ3v) is 5.50. The molecule has 20 heavy (non-hydrogen) atoms. The molecule has 0 aromatic rings. The van der Waals surface area contributed by atoms with Crippen molar-refractivity contribution in [3.05, 3.63) is 0 Å². The lowest BCUT2D eigenvalue weighted by Crippen LogP contribution is -2.37. The fourth-order valence-corrected chi connectivity index (χ4v) is 4.26.